The zero-order valence-corrected chi connectivity index (χ0v) is 11.5. The molecule has 1 N–H and O–H groups in total. The minimum absolute atomic E-state index is 0.554. The molecule has 19 heavy (non-hydrogen) atoms. The summed E-state index contributed by atoms with van der Waals surface area (Å²) in [5, 5.41) is 7.07. The van der Waals surface area contributed by atoms with Crippen molar-refractivity contribution in [3.8, 4) is 17.3 Å². The van der Waals surface area contributed by atoms with Gasteiger partial charge in [0.15, 0.2) is 10.5 Å². The SMILES string of the molecule is Cc1ccc(-n2c(-c3ccco3)n[nH]c2=S)c(C)c1. The molecule has 2 heterocycles. The van der Waals surface area contributed by atoms with Crippen LogP contribution in [-0.4, -0.2) is 14.8 Å². The first kappa shape index (κ1) is 11.9. The summed E-state index contributed by atoms with van der Waals surface area (Å²) < 4.78 is 7.85. The van der Waals surface area contributed by atoms with Gasteiger partial charge in [0.2, 0.25) is 5.82 Å². The molecule has 0 aliphatic heterocycles. The number of rotatable bonds is 2. The summed E-state index contributed by atoms with van der Waals surface area (Å²) >= 11 is 5.32. The molecule has 5 heteroatoms. The number of hydrogen-bond donors (Lipinski definition) is 1. The molecular formula is C14H13N3OS. The van der Waals surface area contributed by atoms with Crippen LogP contribution in [0.1, 0.15) is 11.1 Å². The minimum atomic E-state index is 0.554. The van der Waals surface area contributed by atoms with Crippen LogP contribution in [-0.2, 0) is 0 Å². The van der Waals surface area contributed by atoms with Crippen LogP contribution in [0.2, 0.25) is 0 Å². The largest absolute Gasteiger partial charge is 0.461 e. The summed E-state index contributed by atoms with van der Waals surface area (Å²) in [7, 11) is 0. The molecule has 0 aliphatic rings. The van der Waals surface area contributed by atoms with Crippen LogP contribution in [0.5, 0.6) is 0 Å². The van der Waals surface area contributed by atoms with Gasteiger partial charge in [-0.3, -0.25) is 9.67 Å². The number of nitrogens with one attached hydrogen (secondary N) is 1. The lowest BCUT2D eigenvalue weighted by molar-refractivity contribution is 0.575. The fraction of sp³-hybridized carbons (Fsp3) is 0.143. The molecule has 0 unspecified atom stereocenters. The molecule has 0 amide bonds. The predicted octanol–water partition coefficient (Wildman–Crippen LogP) is 3.81. The molecule has 2 aromatic heterocycles. The highest BCUT2D eigenvalue weighted by Crippen LogP contribution is 2.24. The number of nitrogens with zero attached hydrogens (tertiary/aromatic N) is 2. The van der Waals surface area contributed by atoms with E-state index < -0.39 is 0 Å². The maximum absolute atomic E-state index is 5.41. The van der Waals surface area contributed by atoms with Crippen LogP contribution in [0.4, 0.5) is 0 Å². The molecular weight excluding hydrogens is 258 g/mol. The second kappa shape index (κ2) is 4.51. The Balaban J connectivity index is 2.26. The van der Waals surface area contributed by atoms with Gasteiger partial charge in [-0.25, -0.2) is 0 Å². The molecule has 96 valence electrons. The summed E-state index contributed by atoms with van der Waals surface area (Å²) in [4.78, 5) is 0. The highest BCUT2D eigenvalue weighted by molar-refractivity contribution is 7.71. The second-order valence-corrected chi connectivity index (χ2v) is 4.84. The Morgan fingerprint density at radius 3 is 2.79 bits per heavy atom. The molecule has 0 saturated carbocycles. The van der Waals surface area contributed by atoms with E-state index in [9.17, 15) is 0 Å². The third-order valence-corrected chi connectivity index (χ3v) is 3.28. The topological polar surface area (TPSA) is 46.8 Å². The molecule has 0 fully saturated rings. The predicted molar refractivity (Wildman–Crippen MR) is 75.9 cm³/mol. The maximum Gasteiger partial charge on any atom is 0.202 e. The zero-order chi connectivity index (χ0) is 13.4. The minimum Gasteiger partial charge on any atom is -0.461 e. The van der Waals surface area contributed by atoms with Crippen LogP contribution in [0.3, 0.4) is 0 Å². The van der Waals surface area contributed by atoms with Gasteiger partial charge in [0, 0.05) is 0 Å². The van der Waals surface area contributed by atoms with E-state index in [2.05, 4.69) is 36.2 Å². The lowest BCUT2D eigenvalue weighted by Gasteiger charge is -2.09. The van der Waals surface area contributed by atoms with Gasteiger partial charge in [0.05, 0.1) is 12.0 Å². The van der Waals surface area contributed by atoms with Crippen LogP contribution in [0.25, 0.3) is 17.3 Å². The molecule has 3 rings (SSSR count). The van der Waals surface area contributed by atoms with E-state index in [1.807, 2.05) is 22.8 Å². The van der Waals surface area contributed by atoms with Crippen molar-refractivity contribution in [2.45, 2.75) is 13.8 Å². The smallest absolute Gasteiger partial charge is 0.202 e. The normalized spacial score (nSPS) is 10.8. The van der Waals surface area contributed by atoms with Gasteiger partial charge in [-0.05, 0) is 49.8 Å². The first-order valence-corrected chi connectivity index (χ1v) is 6.36. The van der Waals surface area contributed by atoms with E-state index in [0.29, 0.717) is 16.4 Å². The number of furan rings is 1. The van der Waals surface area contributed by atoms with Gasteiger partial charge in [-0.1, -0.05) is 17.7 Å². The molecule has 0 bridgehead atoms. The Morgan fingerprint density at radius 1 is 1.26 bits per heavy atom. The summed E-state index contributed by atoms with van der Waals surface area (Å²) in [6.07, 6.45) is 1.62. The Kier molecular flexibility index (Phi) is 2.83. The van der Waals surface area contributed by atoms with Crippen molar-refractivity contribution < 1.29 is 4.42 Å². The third kappa shape index (κ3) is 2.02. The number of benzene rings is 1. The summed E-state index contributed by atoms with van der Waals surface area (Å²) in [6.45, 7) is 4.13. The van der Waals surface area contributed by atoms with Crippen molar-refractivity contribution in [1.82, 2.24) is 14.8 Å². The van der Waals surface area contributed by atoms with Crippen LogP contribution < -0.4 is 0 Å². The molecule has 1 aromatic carbocycles. The number of H-pyrrole nitrogens is 1. The van der Waals surface area contributed by atoms with Crippen LogP contribution >= 0.6 is 12.2 Å². The van der Waals surface area contributed by atoms with Crippen molar-refractivity contribution in [2.24, 2.45) is 0 Å². The molecule has 0 aliphatic carbocycles. The zero-order valence-electron chi connectivity index (χ0n) is 10.7. The quantitative estimate of drug-likeness (QED) is 0.721. The van der Waals surface area contributed by atoms with Crippen molar-refractivity contribution in [1.29, 1.82) is 0 Å². The van der Waals surface area contributed by atoms with Crippen molar-refractivity contribution in [3.63, 3.8) is 0 Å². The average molecular weight is 271 g/mol. The van der Waals surface area contributed by atoms with E-state index in [1.54, 1.807) is 6.26 Å². The van der Waals surface area contributed by atoms with Gasteiger partial charge in [-0.2, -0.15) is 5.10 Å². The van der Waals surface area contributed by atoms with Gasteiger partial charge < -0.3 is 4.42 Å². The number of aromatic nitrogens is 3. The van der Waals surface area contributed by atoms with Crippen molar-refractivity contribution >= 4 is 12.2 Å². The first-order valence-electron chi connectivity index (χ1n) is 5.96. The van der Waals surface area contributed by atoms with Gasteiger partial charge >= 0.3 is 0 Å². The highest BCUT2D eigenvalue weighted by atomic mass is 32.1. The lowest BCUT2D eigenvalue weighted by Crippen LogP contribution is -2.00. The number of aromatic amines is 1. The van der Waals surface area contributed by atoms with Gasteiger partial charge in [-0.15, -0.1) is 0 Å². The number of hydrogen-bond acceptors (Lipinski definition) is 3. The van der Waals surface area contributed by atoms with Crippen molar-refractivity contribution in [2.75, 3.05) is 0 Å². The van der Waals surface area contributed by atoms with Crippen molar-refractivity contribution in [3.05, 3.63) is 52.5 Å². The standard InChI is InChI=1S/C14H13N3OS/c1-9-5-6-11(10(2)8-9)17-13(15-16-14(17)19)12-4-3-7-18-12/h3-8H,1-2H3,(H,16,19). The Morgan fingerprint density at radius 2 is 2.11 bits per heavy atom. The third-order valence-electron chi connectivity index (χ3n) is 3.01. The Bertz CT molecular complexity index is 768. The summed E-state index contributed by atoms with van der Waals surface area (Å²) in [6, 6.07) is 9.92. The Hall–Kier alpha value is -2.14. The molecule has 0 saturated heterocycles. The first-order chi connectivity index (χ1) is 9.16. The van der Waals surface area contributed by atoms with E-state index >= 15 is 0 Å². The monoisotopic (exact) mass is 271 g/mol. The fourth-order valence-corrected chi connectivity index (χ4v) is 2.38. The maximum atomic E-state index is 5.41. The molecule has 4 nitrogen and oxygen atoms in total. The van der Waals surface area contributed by atoms with Gasteiger partial charge in [0.25, 0.3) is 0 Å². The van der Waals surface area contributed by atoms with Crippen LogP contribution in [0.15, 0.2) is 41.0 Å². The highest BCUT2D eigenvalue weighted by Gasteiger charge is 2.14. The number of aryl methyl sites for hydroxylation is 2. The second-order valence-electron chi connectivity index (χ2n) is 4.46. The summed E-state index contributed by atoms with van der Waals surface area (Å²) in [5.41, 5.74) is 3.37. The summed E-state index contributed by atoms with van der Waals surface area (Å²) in [5.74, 6) is 1.37. The fourth-order valence-electron chi connectivity index (χ4n) is 2.15. The van der Waals surface area contributed by atoms with E-state index in [-0.39, 0.29) is 0 Å². The molecule has 0 atom stereocenters. The molecule has 3 aromatic rings. The van der Waals surface area contributed by atoms with E-state index in [0.717, 1.165) is 11.3 Å². The average Bonchev–Trinajstić information content (AvgIpc) is 2.99. The Labute approximate surface area is 115 Å². The van der Waals surface area contributed by atoms with E-state index in [4.69, 9.17) is 16.6 Å². The molecule has 0 radical (unpaired) electrons. The van der Waals surface area contributed by atoms with Gasteiger partial charge in [0.1, 0.15) is 0 Å². The van der Waals surface area contributed by atoms with E-state index in [1.165, 1.54) is 5.56 Å². The van der Waals surface area contributed by atoms with Crippen LogP contribution in [0, 0.1) is 18.6 Å². The lowest BCUT2D eigenvalue weighted by atomic mass is 10.1. The molecule has 0 spiro atoms.